The molecule has 21 heavy (non-hydrogen) atoms. The molecular weight excluding hydrogens is 272 g/mol. The zero-order chi connectivity index (χ0) is 16.3. The monoisotopic (exact) mass is 304 g/mol. The van der Waals surface area contributed by atoms with Gasteiger partial charge in [-0.2, -0.15) is 0 Å². The van der Waals surface area contributed by atoms with E-state index in [9.17, 15) is 20.1 Å². The third-order valence-electron chi connectivity index (χ3n) is 4.07. The van der Waals surface area contributed by atoms with Gasteiger partial charge in [-0.1, -0.05) is 58.3 Å². The first-order chi connectivity index (χ1) is 9.84. The number of aliphatic hydroxyl groups is 3. The lowest BCUT2D eigenvalue weighted by Gasteiger charge is -2.34. The van der Waals surface area contributed by atoms with E-state index in [0.29, 0.717) is 6.42 Å². The number of hydrogen-bond donors (Lipinski definition) is 4. The Hall–Kier alpha value is -0.650. The van der Waals surface area contributed by atoms with Crippen LogP contribution in [0.1, 0.15) is 78.1 Å². The second kappa shape index (κ2) is 11.0. The molecule has 0 aromatic rings. The molecular formula is C16H32O5. The smallest absolute Gasteiger partial charge is 0.306 e. The Morgan fingerprint density at radius 1 is 1.00 bits per heavy atom. The molecule has 0 amide bonds. The molecule has 0 saturated heterocycles. The van der Waals surface area contributed by atoms with Crippen LogP contribution in [0.15, 0.2) is 0 Å². The lowest BCUT2D eigenvalue weighted by atomic mass is 9.85. The summed E-state index contributed by atoms with van der Waals surface area (Å²) < 4.78 is 0. The second-order valence-electron chi connectivity index (χ2n) is 6.02. The summed E-state index contributed by atoms with van der Waals surface area (Å²) in [5, 5.41) is 38.5. The molecule has 5 heteroatoms. The topological polar surface area (TPSA) is 98.0 Å². The highest BCUT2D eigenvalue weighted by Crippen LogP contribution is 2.24. The summed E-state index contributed by atoms with van der Waals surface area (Å²) in [5.41, 5.74) is -1.97. The standard InChI is InChI=1S/C16H32O5/c1-3-4-5-6-7-8-9-10-11-14(18)16(21,13(2)17)12-15(19)20/h13-14,17-18,21H,3-12H2,1-2H3,(H,19,20). The fourth-order valence-electron chi connectivity index (χ4n) is 2.51. The van der Waals surface area contributed by atoms with Gasteiger partial charge in [0, 0.05) is 0 Å². The van der Waals surface area contributed by atoms with Gasteiger partial charge in [-0.05, 0) is 13.3 Å². The molecule has 4 N–H and O–H groups in total. The average molecular weight is 304 g/mol. The van der Waals surface area contributed by atoms with E-state index in [1.807, 2.05) is 0 Å². The highest BCUT2D eigenvalue weighted by molar-refractivity contribution is 5.68. The summed E-state index contributed by atoms with van der Waals surface area (Å²) in [6, 6.07) is 0. The molecule has 0 aromatic carbocycles. The van der Waals surface area contributed by atoms with E-state index in [1.54, 1.807) is 0 Å². The fraction of sp³-hybridized carbons (Fsp3) is 0.938. The summed E-state index contributed by atoms with van der Waals surface area (Å²) in [6.07, 6.45) is 6.10. The van der Waals surface area contributed by atoms with Crippen molar-refractivity contribution in [2.45, 2.75) is 95.9 Å². The number of aliphatic carboxylic acids is 1. The van der Waals surface area contributed by atoms with Gasteiger partial charge in [-0.25, -0.2) is 0 Å². The molecule has 0 aliphatic carbocycles. The van der Waals surface area contributed by atoms with Crippen LogP contribution in [0.25, 0.3) is 0 Å². The van der Waals surface area contributed by atoms with Crippen molar-refractivity contribution >= 4 is 5.97 Å². The first kappa shape index (κ1) is 20.3. The van der Waals surface area contributed by atoms with Crippen molar-refractivity contribution < 1.29 is 25.2 Å². The van der Waals surface area contributed by atoms with Gasteiger partial charge >= 0.3 is 5.97 Å². The molecule has 0 rings (SSSR count). The van der Waals surface area contributed by atoms with Gasteiger partial charge < -0.3 is 20.4 Å². The van der Waals surface area contributed by atoms with Gasteiger partial charge in [0.05, 0.1) is 18.6 Å². The Morgan fingerprint density at radius 2 is 1.48 bits per heavy atom. The molecule has 0 radical (unpaired) electrons. The third kappa shape index (κ3) is 8.39. The van der Waals surface area contributed by atoms with Crippen molar-refractivity contribution in [1.29, 1.82) is 0 Å². The van der Waals surface area contributed by atoms with E-state index in [4.69, 9.17) is 5.11 Å². The first-order valence-corrected chi connectivity index (χ1v) is 8.14. The molecule has 5 nitrogen and oxygen atoms in total. The highest BCUT2D eigenvalue weighted by atomic mass is 16.4. The van der Waals surface area contributed by atoms with Crippen LogP contribution in [0, 0.1) is 0 Å². The first-order valence-electron chi connectivity index (χ1n) is 8.14. The Balaban J connectivity index is 3.94. The van der Waals surface area contributed by atoms with Crippen molar-refractivity contribution in [3.63, 3.8) is 0 Å². The summed E-state index contributed by atoms with van der Waals surface area (Å²) in [6.45, 7) is 3.49. The van der Waals surface area contributed by atoms with Crippen LogP contribution in [-0.2, 0) is 4.79 Å². The van der Waals surface area contributed by atoms with E-state index in [-0.39, 0.29) is 0 Å². The zero-order valence-electron chi connectivity index (χ0n) is 13.4. The molecule has 3 atom stereocenters. The van der Waals surface area contributed by atoms with Gasteiger partial charge in [-0.15, -0.1) is 0 Å². The number of hydrogen-bond acceptors (Lipinski definition) is 4. The van der Waals surface area contributed by atoms with Crippen LogP contribution in [0.3, 0.4) is 0 Å². The van der Waals surface area contributed by atoms with Gasteiger partial charge in [0.1, 0.15) is 5.60 Å². The van der Waals surface area contributed by atoms with Crippen LogP contribution in [0.5, 0.6) is 0 Å². The Kier molecular flexibility index (Phi) is 10.6. The van der Waals surface area contributed by atoms with Crippen molar-refractivity contribution in [1.82, 2.24) is 0 Å². The Morgan fingerprint density at radius 3 is 1.90 bits per heavy atom. The maximum atomic E-state index is 10.7. The molecule has 0 aliphatic rings. The predicted octanol–water partition coefficient (Wildman–Crippen LogP) is 2.46. The lowest BCUT2D eigenvalue weighted by molar-refractivity contribution is -0.168. The number of carboxylic acid groups (broad SMARTS) is 1. The van der Waals surface area contributed by atoms with Crippen LogP contribution >= 0.6 is 0 Å². The number of carboxylic acids is 1. The molecule has 0 spiro atoms. The molecule has 0 aliphatic heterocycles. The summed E-state index contributed by atoms with van der Waals surface area (Å²) in [4.78, 5) is 10.7. The van der Waals surface area contributed by atoms with E-state index < -0.39 is 30.2 Å². The minimum atomic E-state index is -1.97. The van der Waals surface area contributed by atoms with Gasteiger partial charge in [0.15, 0.2) is 0 Å². The largest absolute Gasteiger partial charge is 0.481 e. The summed E-state index contributed by atoms with van der Waals surface area (Å²) >= 11 is 0. The van der Waals surface area contributed by atoms with Crippen LogP contribution in [0.2, 0.25) is 0 Å². The quantitative estimate of drug-likeness (QED) is 0.392. The number of unbranched alkanes of at least 4 members (excludes halogenated alkanes) is 7. The van der Waals surface area contributed by atoms with Crippen molar-refractivity contribution in [3.8, 4) is 0 Å². The van der Waals surface area contributed by atoms with Gasteiger partial charge in [-0.3, -0.25) is 4.79 Å². The average Bonchev–Trinajstić information content (AvgIpc) is 2.40. The molecule has 126 valence electrons. The van der Waals surface area contributed by atoms with Crippen molar-refractivity contribution in [3.05, 3.63) is 0 Å². The van der Waals surface area contributed by atoms with E-state index in [1.165, 1.54) is 39.0 Å². The van der Waals surface area contributed by atoms with Crippen molar-refractivity contribution in [2.75, 3.05) is 0 Å². The van der Waals surface area contributed by atoms with E-state index in [0.717, 1.165) is 19.3 Å². The van der Waals surface area contributed by atoms with E-state index in [2.05, 4.69) is 6.92 Å². The van der Waals surface area contributed by atoms with Crippen LogP contribution in [0.4, 0.5) is 0 Å². The molecule has 0 aromatic heterocycles. The lowest BCUT2D eigenvalue weighted by Crippen LogP contribution is -2.52. The summed E-state index contributed by atoms with van der Waals surface area (Å²) in [7, 11) is 0. The minimum Gasteiger partial charge on any atom is -0.481 e. The van der Waals surface area contributed by atoms with Crippen LogP contribution < -0.4 is 0 Å². The normalized spacial score (nSPS) is 17.2. The van der Waals surface area contributed by atoms with Crippen molar-refractivity contribution in [2.24, 2.45) is 0 Å². The maximum absolute atomic E-state index is 10.7. The predicted molar refractivity (Wildman–Crippen MR) is 82.1 cm³/mol. The molecule has 0 saturated carbocycles. The van der Waals surface area contributed by atoms with Gasteiger partial charge in [0.25, 0.3) is 0 Å². The minimum absolute atomic E-state index is 0.309. The Bertz CT molecular complexity index is 280. The SMILES string of the molecule is CCCCCCCCCCC(O)C(O)(CC(=O)O)C(C)O. The Labute approximate surface area is 128 Å². The zero-order valence-corrected chi connectivity index (χ0v) is 13.4. The molecule has 0 fully saturated rings. The molecule has 0 bridgehead atoms. The molecule has 3 unspecified atom stereocenters. The maximum Gasteiger partial charge on any atom is 0.306 e. The fourth-order valence-corrected chi connectivity index (χ4v) is 2.51. The van der Waals surface area contributed by atoms with E-state index >= 15 is 0 Å². The number of rotatable bonds is 13. The number of carbonyl (C=O) groups is 1. The van der Waals surface area contributed by atoms with Gasteiger partial charge in [0.2, 0.25) is 0 Å². The number of aliphatic hydroxyl groups excluding tert-OH is 2. The molecule has 0 heterocycles. The summed E-state index contributed by atoms with van der Waals surface area (Å²) in [5.74, 6) is -1.23. The second-order valence-corrected chi connectivity index (χ2v) is 6.02. The third-order valence-corrected chi connectivity index (χ3v) is 4.07. The highest BCUT2D eigenvalue weighted by Gasteiger charge is 2.42. The van der Waals surface area contributed by atoms with Crippen LogP contribution in [-0.4, -0.2) is 44.2 Å².